The summed E-state index contributed by atoms with van der Waals surface area (Å²) >= 11 is 0. The highest BCUT2D eigenvalue weighted by Crippen LogP contribution is 2.56. The summed E-state index contributed by atoms with van der Waals surface area (Å²) < 4.78 is 65.8. The highest BCUT2D eigenvalue weighted by Gasteiger charge is 2.60. The molecule has 132 valence electrons. The Hall–Kier alpha value is -2.28. The lowest BCUT2D eigenvalue weighted by Gasteiger charge is -2.40. The number of alkyl halides is 3. The Labute approximate surface area is 144 Å². The summed E-state index contributed by atoms with van der Waals surface area (Å²) in [5, 5.41) is 0. The van der Waals surface area contributed by atoms with Crippen LogP contribution >= 0.6 is 0 Å². The van der Waals surface area contributed by atoms with Crippen molar-refractivity contribution in [2.45, 2.75) is 24.4 Å². The molecule has 1 aliphatic heterocycles. The maximum Gasteiger partial charge on any atom is 0.516 e. The van der Waals surface area contributed by atoms with E-state index in [1.165, 1.54) is 12.1 Å². The molecular weight excluding hydrogens is 351 g/mol. The van der Waals surface area contributed by atoms with Gasteiger partial charge in [-0.15, -0.1) is 0 Å². The van der Waals surface area contributed by atoms with Crippen LogP contribution in [0.5, 0.6) is 0 Å². The molecule has 0 aliphatic carbocycles. The van der Waals surface area contributed by atoms with Gasteiger partial charge in [0.2, 0.25) is 0 Å². The van der Waals surface area contributed by atoms with E-state index in [1.807, 2.05) is 0 Å². The van der Waals surface area contributed by atoms with E-state index in [0.717, 1.165) is 0 Å². The van der Waals surface area contributed by atoms with Gasteiger partial charge >= 0.3 is 15.5 Å². The zero-order valence-electron chi connectivity index (χ0n) is 13.4. The van der Waals surface area contributed by atoms with Crippen LogP contribution in [0.3, 0.4) is 0 Å². The zero-order valence-corrected chi connectivity index (χ0v) is 14.2. The number of nitrogens with zero attached hydrogens (tertiary/aromatic N) is 1. The van der Waals surface area contributed by atoms with Crippen molar-refractivity contribution in [3.8, 4) is 0 Å². The van der Waals surface area contributed by atoms with Gasteiger partial charge in [0, 0.05) is 5.56 Å². The van der Waals surface area contributed by atoms with Gasteiger partial charge in [-0.3, -0.25) is 0 Å². The van der Waals surface area contributed by atoms with Gasteiger partial charge in [-0.1, -0.05) is 62.0 Å². The molecule has 0 unspecified atom stereocenters. The zero-order chi connectivity index (χ0) is 18.5. The maximum absolute atomic E-state index is 13.4. The molecule has 0 spiro atoms. The molecule has 0 aromatic heterocycles. The first kappa shape index (κ1) is 17.5. The average Bonchev–Trinajstić information content (AvgIpc) is 2.85. The van der Waals surface area contributed by atoms with Gasteiger partial charge in [0.25, 0.3) is 0 Å². The Bertz CT molecular complexity index is 923. The van der Waals surface area contributed by atoms with Crippen molar-refractivity contribution < 1.29 is 21.6 Å². The van der Waals surface area contributed by atoms with Crippen LogP contribution in [0.15, 0.2) is 61.2 Å². The lowest BCUT2D eigenvalue weighted by atomic mass is 9.81. The molecule has 3 nitrogen and oxygen atoms in total. The number of anilines is 1. The van der Waals surface area contributed by atoms with Gasteiger partial charge in [0.15, 0.2) is 0 Å². The maximum atomic E-state index is 13.4. The number of benzene rings is 2. The van der Waals surface area contributed by atoms with Gasteiger partial charge in [0.05, 0.1) is 5.69 Å². The molecule has 0 bridgehead atoms. The van der Waals surface area contributed by atoms with Crippen molar-refractivity contribution >= 4 is 21.3 Å². The molecule has 0 fully saturated rings. The molecule has 0 saturated carbocycles. The molecule has 0 saturated heterocycles. The fourth-order valence-corrected chi connectivity index (χ4v) is 4.84. The highest BCUT2D eigenvalue weighted by molar-refractivity contribution is 7.93. The second-order valence-electron chi connectivity index (χ2n) is 5.79. The number of sulfonamides is 1. The second-order valence-corrected chi connectivity index (χ2v) is 7.57. The molecule has 1 heterocycles. The topological polar surface area (TPSA) is 37.4 Å². The van der Waals surface area contributed by atoms with Crippen molar-refractivity contribution in [3.63, 3.8) is 0 Å². The molecule has 1 aliphatic rings. The summed E-state index contributed by atoms with van der Waals surface area (Å²) in [6, 6.07) is 14.4. The molecule has 0 N–H and O–H groups in total. The fraction of sp³-hybridized carbons (Fsp3) is 0.222. The molecule has 1 atom stereocenters. The average molecular weight is 367 g/mol. The van der Waals surface area contributed by atoms with E-state index in [2.05, 4.69) is 6.58 Å². The van der Waals surface area contributed by atoms with Crippen LogP contribution in [0.2, 0.25) is 0 Å². The second kappa shape index (κ2) is 5.62. The third kappa shape index (κ3) is 2.29. The van der Waals surface area contributed by atoms with Crippen LogP contribution in [0, 0.1) is 0 Å². The normalized spacial score (nSPS) is 20.6. The summed E-state index contributed by atoms with van der Waals surface area (Å²) in [6.07, 6.45) is 0.111. The minimum Gasteiger partial charge on any atom is -0.247 e. The molecule has 0 radical (unpaired) electrons. The lowest BCUT2D eigenvalue weighted by molar-refractivity contribution is -0.0442. The Balaban J connectivity index is 2.40. The minimum atomic E-state index is -5.62. The largest absolute Gasteiger partial charge is 0.516 e. The van der Waals surface area contributed by atoms with Crippen LogP contribution in [-0.2, 0) is 15.6 Å². The molecule has 25 heavy (non-hydrogen) atoms. The first-order valence-corrected chi connectivity index (χ1v) is 9.08. The molecule has 2 aromatic rings. The Morgan fingerprint density at radius 2 is 1.60 bits per heavy atom. The number of hydrogen-bond acceptors (Lipinski definition) is 2. The number of halogens is 3. The first-order valence-electron chi connectivity index (χ1n) is 7.64. The van der Waals surface area contributed by atoms with E-state index >= 15 is 0 Å². The predicted molar refractivity (Wildman–Crippen MR) is 91.3 cm³/mol. The Morgan fingerprint density at radius 3 is 2.16 bits per heavy atom. The van der Waals surface area contributed by atoms with Crippen molar-refractivity contribution in [2.75, 3.05) is 4.31 Å². The smallest absolute Gasteiger partial charge is 0.247 e. The number of para-hydroxylation sites is 1. The summed E-state index contributed by atoms with van der Waals surface area (Å²) in [5.41, 5.74) is -5.74. The minimum absolute atomic E-state index is 0.00414. The molecule has 2 aromatic carbocycles. The van der Waals surface area contributed by atoms with Gasteiger partial charge in [-0.25, -0.2) is 4.31 Å². The first-order chi connectivity index (χ1) is 11.7. The SMILES string of the molecule is C=C1c2ccccc2N(S(=O)(=O)C(F)(F)F)[C@]1(CC)c1ccccc1. The molecule has 3 rings (SSSR count). The van der Waals surface area contributed by atoms with E-state index < -0.39 is 21.1 Å². The fourth-order valence-electron chi connectivity index (χ4n) is 3.46. The van der Waals surface area contributed by atoms with Gasteiger partial charge < -0.3 is 0 Å². The van der Waals surface area contributed by atoms with E-state index in [0.29, 0.717) is 21.0 Å². The third-order valence-corrected chi connectivity index (χ3v) is 6.16. The highest BCUT2D eigenvalue weighted by atomic mass is 32.2. The summed E-state index contributed by atoms with van der Waals surface area (Å²) in [7, 11) is -5.62. The lowest BCUT2D eigenvalue weighted by Crippen LogP contribution is -2.51. The van der Waals surface area contributed by atoms with Crippen LogP contribution in [0.1, 0.15) is 24.5 Å². The van der Waals surface area contributed by atoms with Crippen LogP contribution in [0.4, 0.5) is 18.9 Å². The van der Waals surface area contributed by atoms with Crippen molar-refractivity contribution in [2.24, 2.45) is 0 Å². The Kier molecular flexibility index (Phi) is 3.95. The van der Waals surface area contributed by atoms with Gasteiger partial charge in [0.1, 0.15) is 5.54 Å². The molecular formula is C18H16F3NO2S. The summed E-state index contributed by atoms with van der Waals surface area (Å²) in [6.45, 7) is 5.62. The van der Waals surface area contributed by atoms with Crippen LogP contribution < -0.4 is 4.31 Å². The number of rotatable bonds is 3. The van der Waals surface area contributed by atoms with E-state index in [1.54, 1.807) is 49.4 Å². The predicted octanol–water partition coefficient (Wildman–Crippen LogP) is 4.67. The third-order valence-electron chi connectivity index (χ3n) is 4.59. The van der Waals surface area contributed by atoms with E-state index in [9.17, 15) is 21.6 Å². The van der Waals surface area contributed by atoms with Gasteiger partial charge in [-0.05, 0) is 23.6 Å². The van der Waals surface area contributed by atoms with Crippen molar-refractivity contribution in [1.82, 2.24) is 0 Å². The van der Waals surface area contributed by atoms with Crippen molar-refractivity contribution in [3.05, 3.63) is 72.3 Å². The number of fused-ring (bicyclic) bond motifs is 1. The monoisotopic (exact) mass is 367 g/mol. The van der Waals surface area contributed by atoms with Crippen LogP contribution in [-0.4, -0.2) is 13.9 Å². The van der Waals surface area contributed by atoms with E-state index in [4.69, 9.17) is 0 Å². The summed E-state index contributed by atoms with van der Waals surface area (Å²) in [4.78, 5) is 0. The molecule has 0 amide bonds. The van der Waals surface area contributed by atoms with Crippen molar-refractivity contribution in [1.29, 1.82) is 0 Å². The van der Waals surface area contributed by atoms with E-state index in [-0.39, 0.29) is 12.1 Å². The standard InChI is InChI=1S/C18H16F3NO2S/c1-3-17(14-9-5-4-6-10-14)13(2)15-11-7-8-12-16(15)22(17)25(23,24)18(19,20)21/h4-12H,2-3H2,1H3/t17-/m0/s1. The number of hydrogen-bond donors (Lipinski definition) is 0. The molecule has 7 heteroatoms. The summed E-state index contributed by atoms with van der Waals surface area (Å²) in [5.74, 6) is 0. The quantitative estimate of drug-likeness (QED) is 0.790. The Morgan fingerprint density at radius 1 is 1.04 bits per heavy atom. The van der Waals surface area contributed by atoms with Crippen LogP contribution in [0.25, 0.3) is 5.57 Å². The van der Waals surface area contributed by atoms with Gasteiger partial charge in [-0.2, -0.15) is 21.6 Å².